The lowest BCUT2D eigenvalue weighted by Gasteiger charge is -2.22. The van der Waals surface area contributed by atoms with Crippen LogP contribution in [0.4, 0.5) is 21.9 Å². The molecule has 1 atom stereocenters. The van der Waals surface area contributed by atoms with Crippen molar-refractivity contribution in [1.82, 2.24) is 4.90 Å². The Morgan fingerprint density at radius 1 is 0.938 bits per heavy atom. The summed E-state index contributed by atoms with van der Waals surface area (Å²) in [5, 5.41) is 5.74. The summed E-state index contributed by atoms with van der Waals surface area (Å²) in [6.45, 7) is 4.11. The van der Waals surface area contributed by atoms with Crippen molar-refractivity contribution in [3.05, 3.63) is 78.4 Å². The molecule has 2 amide bonds. The van der Waals surface area contributed by atoms with E-state index in [0.717, 1.165) is 35.8 Å². The van der Waals surface area contributed by atoms with E-state index in [1.807, 2.05) is 67.6 Å². The SMILES string of the molecule is Cc1cccc(Oc2ccc(NC(=O)Nc3ccc(N4CCC(N(C)C)C4)cc3)cc2)c1. The minimum Gasteiger partial charge on any atom is -0.457 e. The topological polar surface area (TPSA) is 56.8 Å². The highest BCUT2D eigenvalue weighted by Crippen LogP contribution is 2.25. The lowest BCUT2D eigenvalue weighted by atomic mass is 10.2. The smallest absolute Gasteiger partial charge is 0.323 e. The van der Waals surface area contributed by atoms with Gasteiger partial charge in [0.25, 0.3) is 0 Å². The van der Waals surface area contributed by atoms with E-state index in [1.54, 1.807) is 0 Å². The van der Waals surface area contributed by atoms with Crippen LogP contribution < -0.4 is 20.3 Å². The maximum atomic E-state index is 12.4. The molecular formula is C26H30N4O2. The number of hydrogen-bond acceptors (Lipinski definition) is 4. The van der Waals surface area contributed by atoms with Crippen LogP contribution in [0.1, 0.15) is 12.0 Å². The molecule has 6 nitrogen and oxygen atoms in total. The second-order valence-electron chi connectivity index (χ2n) is 8.42. The molecule has 1 aliphatic heterocycles. The fourth-order valence-electron chi connectivity index (χ4n) is 3.87. The van der Waals surface area contributed by atoms with Crippen LogP contribution in [0, 0.1) is 6.92 Å². The highest BCUT2D eigenvalue weighted by Gasteiger charge is 2.23. The minimum atomic E-state index is -0.279. The molecule has 3 aromatic carbocycles. The summed E-state index contributed by atoms with van der Waals surface area (Å²) in [5.41, 5.74) is 3.78. The van der Waals surface area contributed by atoms with Crippen molar-refractivity contribution in [2.24, 2.45) is 0 Å². The number of rotatable bonds is 6. The number of nitrogens with one attached hydrogen (secondary N) is 2. The molecule has 6 heteroatoms. The maximum absolute atomic E-state index is 12.4. The number of aryl methyl sites for hydroxylation is 1. The monoisotopic (exact) mass is 430 g/mol. The van der Waals surface area contributed by atoms with E-state index in [9.17, 15) is 4.79 Å². The van der Waals surface area contributed by atoms with Gasteiger partial charge in [0.05, 0.1) is 0 Å². The van der Waals surface area contributed by atoms with Crippen molar-refractivity contribution >= 4 is 23.1 Å². The van der Waals surface area contributed by atoms with E-state index >= 15 is 0 Å². The molecule has 1 aliphatic rings. The number of hydrogen-bond donors (Lipinski definition) is 2. The van der Waals surface area contributed by atoms with Gasteiger partial charge in [-0.15, -0.1) is 0 Å². The second kappa shape index (κ2) is 9.75. The van der Waals surface area contributed by atoms with Gasteiger partial charge in [-0.25, -0.2) is 4.79 Å². The van der Waals surface area contributed by atoms with Crippen LogP contribution in [-0.2, 0) is 0 Å². The Morgan fingerprint density at radius 3 is 2.19 bits per heavy atom. The number of anilines is 3. The number of carbonyl (C=O) groups excluding carboxylic acids is 1. The molecule has 0 radical (unpaired) electrons. The standard InChI is InChI=1S/C26H30N4O2/c1-19-5-4-6-25(17-19)32-24-13-9-21(10-14-24)28-26(31)27-20-7-11-22(12-8-20)30-16-15-23(18-30)29(2)3/h4-14,17,23H,15-16,18H2,1-3H3,(H2,27,28,31). The van der Waals surface area contributed by atoms with Crippen LogP contribution in [-0.4, -0.2) is 44.2 Å². The molecule has 32 heavy (non-hydrogen) atoms. The molecule has 1 heterocycles. The summed E-state index contributed by atoms with van der Waals surface area (Å²) in [6.07, 6.45) is 1.17. The van der Waals surface area contributed by atoms with E-state index in [0.29, 0.717) is 11.7 Å². The van der Waals surface area contributed by atoms with Gasteiger partial charge in [-0.3, -0.25) is 0 Å². The molecule has 0 saturated carbocycles. The Hall–Kier alpha value is -3.51. The number of ether oxygens (including phenoxy) is 1. The quantitative estimate of drug-likeness (QED) is 0.537. The van der Waals surface area contributed by atoms with Crippen LogP contribution >= 0.6 is 0 Å². The fourth-order valence-corrected chi connectivity index (χ4v) is 3.87. The van der Waals surface area contributed by atoms with Crippen molar-refractivity contribution < 1.29 is 9.53 Å². The third kappa shape index (κ3) is 5.59. The highest BCUT2D eigenvalue weighted by atomic mass is 16.5. The Balaban J connectivity index is 1.29. The zero-order valence-corrected chi connectivity index (χ0v) is 18.8. The van der Waals surface area contributed by atoms with Gasteiger partial charge >= 0.3 is 6.03 Å². The first-order valence-electron chi connectivity index (χ1n) is 10.9. The molecule has 3 aromatic rings. The number of likely N-dealkylation sites (N-methyl/N-ethyl adjacent to an activating group) is 1. The number of nitrogens with zero attached hydrogens (tertiary/aromatic N) is 2. The first-order valence-corrected chi connectivity index (χ1v) is 10.9. The van der Waals surface area contributed by atoms with Gasteiger partial charge in [-0.2, -0.15) is 0 Å². The van der Waals surface area contributed by atoms with E-state index in [2.05, 4.69) is 46.7 Å². The van der Waals surface area contributed by atoms with Gasteiger partial charge in [-0.05, 0) is 93.7 Å². The van der Waals surface area contributed by atoms with E-state index in [-0.39, 0.29) is 6.03 Å². The third-order valence-electron chi connectivity index (χ3n) is 5.72. The molecule has 166 valence electrons. The zero-order chi connectivity index (χ0) is 22.5. The Kier molecular flexibility index (Phi) is 6.61. The van der Waals surface area contributed by atoms with Crippen molar-refractivity contribution in [2.45, 2.75) is 19.4 Å². The van der Waals surface area contributed by atoms with E-state index < -0.39 is 0 Å². The van der Waals surface area contributed by atoms with Crippen LogP contribution in [0.15, 0.2) is 72.8 Å². The Labute approximate surface area is 189 Å². The van der Waals surface area contributed by atoms with Crippen LogP contribution in [0.5, 0.6) is 11.5 Å². The van der Waals surface area contributed by atoms with Gasteiger partial charge < -0.3 is 25.2 Å². The number of amides is 2. The minimum absolute atomic E-state index is 0.279. The fraction of sp³-hybridized carbons (Fsp3) is 0.269. The second-order valence-corrected chi connectivity index (χ2v) is 8.42. The summed E-state index contributed by atoms with van der Waals surface area (Å²) < 4.78 is 5.85. The van der Waals surface area contributed by atoms with Crippen LogP contribution in [0.25, 0.3) is 0 Å². The molecule has 0 aliphatic carbocycles. The average Bonchev–Trinajstić information content (AvgIpc) is 3.26. The van der Waals surface area contributed by atoms with Crippen molar-refractivity contribution in [2.75, 3.05) is 42.7 Å². The summed E-state index contributed by atoms with van der Waals surface area (Å²) in [4.78, 5) is 17.0. The molecule has 1 fully saturated rings. The molecule has 4 rings (SSSR count). The summed E-state index contributed by atoms with van der Waals surface area (Å²) in [5.74, 6) is 1.51. The highest BCUT2D eigenvalue weighted by molar-refractivity contribution is 5.99. The normalized spacial score (nSPS) is 15.6. The zero-order valence-electron chi connectivity index (χ0n) is 18.8. The molecule has 0 spiro atoms. The van der Waals surface area contributed by atoms with Crippen molar-refractivity contribution in [3.63, 3.8) is 0 Å². The van der Waals surface area contributed by atoms with Crippen LogP contribution in [0.2, 0.25) is 0 Å². The maximum Gasteiger partial charge on any atom is 0.323 e. The van der Waals surface area contributed by atoms with Crippen LogP contribution in [0.3, 0.4) is 0 Å². The van der Waals surface area contributed by atoms with E-state index in [4.69, 9.17) is 4.74 Å². The Morgan fingerprint density at radius 2 is 1.59 bits per heavy atom. The molecule has 1 saturated heterocycles. The van der Waals surface area contributed by atoms with Gasteiger partial charge in [-0.1, -0.05) is 12.1 Å². The number of benzene rings is 3. The molecule has 1 unspecified atom stereocenters. The lowest BCUT2D eigenvalue weighted by Crippen LogP contribution is -2.31. The van der Waals surface area contributed by atoms with E-state index in [1.165, 1.54) is 12.1 Å². The Bertz CT molecular complexity index is 1050. The summed E-state index contributed by atoms with van der Waals surface area (Å²) >= 11 is 0. The predicted octanol–water partition coefficient (Wildman–Crippen LogP) is 5.57. The molecule has 0 aromatic heterocycles. The number of carbonyl (C=O) groups is 1. The first-order chi connectivity index (χ1) is 15.5. The third-order valence-corrected chi connectivity index (χ3v) is 5.72. The van der Waals surface area contributed by atoms with Gasteiger partial charge in [0.1, 0.15) is 11.5 Å². The molecule has 0 bridgehead atoms. The van der Waals surface area contributed by atoms with Gasteiger partial charge in [0, 0.05) is 36.2 Å². The first kappa shape index (κ1) is 21.7. The number of urea groups is 1. The van der Waals surface area contributed by atoms with Crippen molar-refractivity contribution in [1.29, 1.82) is 0 Å². The summed E-state index contributed by atoms with van der Waals surface area (Å²) in [7, 11) is 4.26. The summed E-state index contributed by atoms with van der Waals surface area (Å²) in [6, 6.07) is 23.5. The average molecular weight is 431 g/mol. The largest absolute Gasteiger partial charge is 0.457 e. The van der Waals surface area contributed by atoms with Gasteiger partial charge in [0.15, 0.2) is 0 Å². The van der Waals surface area contributed by atoms with Gasteiger partial charge in [0.2, 0.25) is 0 Å². The predicted molar refractivity (Wildman–Crippen MR) is 131 cm³/mol. The lowest BCUT2D eigenvalue weighted by molar-refractivity contribution is 0.262. The molecular weight excluding hydrogens is 400 g/mol. The van der Waals surface area contributed by atoms with Crippen molar-refractivity contribution in [3.8, 4) is 11.5 Å². The molecule has 2 N–H and O–H groups in total.